The minimum Gasteiger partial charge on any atom is -0.444 e. The molecule has 3 rings (SSSR count). The zero-order chi connectivity index (χ0) is 14.7. The van der Waals surface area contributed by atoms with E-state index in [2.05, 4.69) is 10.2 Å². The molecule has 1 aliphatic rings. The van der Waals surface area contributed by atoms with E-state index in [1.165, 1.54) is 4.90 Å². The third-order valence-corrected chi connectivity index (χ3v) is 3.58. The average Bonchev–Trinajstić information content (AvgIpc) is 2.96. The second-order valence-corrected chi connectivity index (χ2v) is 4.96. The predicted molar refractivity (Wildman–Crippen MR) is 76.8 cm³/mol. The molecule has 0 fully saturated rings. The van der Waals surface area contributed by atoms with Crippen molar-refractivity contribution in [3.63, 3.8) is 0 Å². The molecule has 0 aliphatic carbocycles. The van der Waals surface area contributed by atoms with Gasteiger partial charge in [-0.05, 0) is 18.4 Å². The van der Waals surface area contributed by atoms with Gasteiger partial charge in [0.2, 0.25) is 0 Å². The number of ether oxygens (including phenoxy) is 1. The van der Waals surface area contributed by atoms with Crippen LogP contribution in [0.25, 0.3) is 0 Å². The number of rotatable bonds is 3. The summed E-state index contributed by atoms with van der Waals surface area (Å²) in [5.41, 5.74) is 2.52. The number of amides is 1. The molecular formula is C15H17N3O3. The monoisotopic (exact) mass is 287 g/mol. The summed E-state index contributed by atoms with van der Waals surface area (Å²) in [5, 5.41) is 16.2. The highest BCUT2D eigenvalue weighted by molar-refractivity contribution is 5.88. The highest BCUT2D eigenvalue weighted by Gasteiger charge is 2.28. The number of nitrogens with zero attached hydrogens (tertiary/aromatic N) is 2. The van der Waals surface area contributed by atoms with Gasteiger partial charge in [-0.1, -0.05) is 30.3 Å². The summed E-state index contributed by atoms with van der Waals surface area (Å²) in [7, 11) is 0. The first-order valence-corrected chi connectivity index (χ1v) is 6.95. The fourth-order valence-corrected chi connectivity index (χ4v) is 2.50. The molecule has 0 bridgehead atoms. The summed E-state index contributed by atoms with van der Waals surface area (Å²) < 4.78 is 5.34. The zero-order valence-corrected chi connectivity index (χ0v) is 11.6. The van der Waals surface area contributed by atoms with Gasteiger partial charge in [-0.25, -0.2) is 4.79 Å². The molecular weight excluding hydrogens is 270 g/mol. The lowest BCUT2D eigenvalue weighted by Crippen LogP contribution is -2.36. The number of aliphatic hydroxyl groups is 1. The van der Waals surface area contributed by atoms with E-state index >= 15 is 0 Å². The summed E-state index contributed by atoms with van der Waals surface area (Å²) in [5.74, 6) is 0.573. The minimum absolute atomic E-state index is 0.102. The number of carbonyl (C=O) groups is 1. The smallest absolute Gasteiger partial charge is 0.415 e. The zero-order valence-electron chi connectivity index (χ0n) is 11.6. The van der Waals surface area contributed by atoms with Gasteiger partial charge in [0, 0.05) is 12.1 Å². The Hall–Kier alpha value is -2.34. The standard InChI is InChI=1S/C15H17N3O3/c19-9-13-12-7-4-8-18(14(12)17-16-13)15(20)21-10-11-5-2-1-3-6-11/h1-3,5-6,19H,4,7-10H2,(H,16,17). The van der Waals surface area contributed by atoms with Gasteiger partial charge in [-0.2, -0.15) is 5.10 Å². The van der Waals surface area contributed by atoms with Crippen LogP contribution in [-0.2, 0) is 24.4 Å². The summed E-state index contributed by atoms with van der Waals surface area (Å²) in [6.07, 6.45) is 1.24. The van der Waals surface area contributed by atoms with Crippen molar-refractivity contribution in [2.45, 2.75) is 26.1 Å². The lowest BCUT2D eigenvalue weighted by molar-refractivity contribution is 0.146. The van der Waals surface area contributed by atoms with E-state index in [0.29, 0.717) is 18.1 Å². The first kappa shape index (κ1) is 13.6. The van der Waals surface area contributed by atoms with Gasteiger partial charge in [0.05, 0.1) is 12.3 Å². The Morgan fingerprint density at radius 1 is 1.38 bits per heavy atom. The normalized spacial score (nSPS) is 13.9. The van der Waals surface area contributed by atoms with E-state index < -0.39 is 6.09 Å². The summed E-state index contributed by atoms with van der Waals surface area (Å²) >= 11 is 0. The van der Waals surface area contributed by atoms with E-state index in [4.69, 9.17) is 4.74 Å². The highest BCUT2D eigenvalue weighted by Crippen LogP contribution is 2.28. The van der Waals surface area contributed by atoms with Crippen LogP contribution in [-0.4, -0.2) is 27.9 Å². The number of hydrogen-bond acceptors (Lipinski definition) is 4. The van der Waals surface area contributed by atoms with Crippen LogP contribution in [0.15, 0.2) is 30.3 Å². The molecule has 0 atom stereocenters. The second-order valence-electron chi connectivity index (χ2n) is 4.96. The van der Waals surface area contributed by atoms with Crippen LogP contribution in [0.5, 0.6) is 0 Å². The number of aromatic nitrogens is 2. The molecule has 0 radical (unpaired) electrons. The van der Waals surface area contributed by atoms with Crippen LogP contribution >= 0.6 is 0 Å². The maximum atomic E-state index is 12.2. The molecule has 0 unspecified atom stereocenters. The summed E-state index contributed by atoms with van der Waals surface area (Å²) in [6.45, 7) is 0.717. The number of aromatic amines is 1. The van der Waals surface area contributed by atoms with E-state index in [1.807, 2.05) is 30.3 Å². The van der Waals surface area contributed by atoms with Gasteiger partial charge >= 0.3 is 6.09 Å². The molecule has 0 spiro atoms. The second kappa shape index (κ2) is 5.97. The topological polar surface area (TPSA) is 78.5 Å². The van der Waals surface area contributed by atoms with Crippen molar-refractivity contribution in [3.05, 3.63) is 47.2 Å². The predicted octanol–water partition coefficient (Wildman–Crippen LogP) is 1.99. The van der Waals surface area contributed by atoms with Crippen LogP contribution in [0, 0.1) is 0 Å². The third-order valence-electron chi connectivity index (χ3n) is 3.58. The fraction of sp³-hybridized carbons (Fsp3) is 0.333. The van der Waals surface area contributed by atoms with Gasteiger partial charge in [0.1, 0.15) is 6.61 Å². The van der Waals surface area contributed by atoms with Crippen molar-refractivity contribution in [2.24, 2.45) is 0 Å². The van der Waals surface area contributed by atoms with E-state index in [0.717, 1.165) is 24.0 Å². The Morgan fingerprint density at radius 3 is 2.95 bits per heavy atom. The van der Waals surface area contributed by atoms with E-state index in [9.17, 15) is 9.90 Å². The SMILES string of the molecule is O=C(OCc1ccccc1)N1CCCc2c1n[nH]c2CO. The molecule has 6 nitrogen and oxygen atoms in total. The van der Waals surface area contributed by atoms with Crippen LogP contribution in [0.1, 0.15) is 23.2 Å². The Balaban J connectivity index is 1.70. The molecule has 1 aromatic carbocycles. The molecule has 2 N–H and O–H groups in total. The number of aliphatic hydroxyl groups excluding tert-OH is 1. The molecule has 1 amide bonds. The van der Waals surface area contributed by atoms with Crippen LogP contribution in [0.3, 0.4) is 0 Å². The number of anilines is 1. The van der Waals surface area contributed by atoms with Crippen molar-refractivity contribution in [3.8, 4) is 0 Å². The lowest BCUT2D eigenvalue weighted by Gasteiger charge is -2.25. The number of H-pyrrole nitrogens is 1. The minimum atomic E-state index is -0.407. The van der Waals surface area contributed by atoms with Gasteiger partial charge in [-0.3, -0.25) is 10.00 Å². The van der Waals surface area contributed by atoms with Crippen molar-refractivity contribution in [2.75, 3.05) is 11.4 Å². The molecule has 0 saturated heterocycles. The maximum Gasteiger partial charge on any atom is 0.415 e. The van der Waals surface area contributed by atoms with Gasteiger partial charge in [-0.15, -0.1) is 0 Å². The number of fused-ring (bicyclic) bond motifs is 1. The molecule has 1 aromatic heterocycles. The van der Waals surface area contributed by atoms with Crippen LogP contribution < -0.4 is 4.90 Å². The van der Waals surface area contributed by atoms with E-state index in [-0.39, 0.29) is 13.2 Å². The van der Waals surface area contributed by atoms with Gasteiger partial charge in [0.15, 0.2) is 5.82 Å². The molecule has 110 valence electrons. The Labute approximate surface area is 122 Å². The van der Waals surface area contributed by atoms with Crippen molar-refractivity contribution >= 4 is 11.9 Å². The Kier molecular flexibility index (Phi) is 3.87. The van der Waals surface area contributed by atoms with Gasteiger partial charge < -0.3 is 9.84 Å². The van der Waals surface area contributed by atoms with Gasteiger partial charge in [0.25, 0.3) is 0 Å². The quantitative estimate of drug-likeness (QED) is 0.905. The average molecular weight is 287 g/mol. The number of nitrogens with one attached hydrogen (secondary N) is 1. The number of hydrogen-bond donors (Lipinski definition) is 2. The van der Waals surface area contributed by atoms with E-state index in [1.54, 1.807) is 0 Å². The maximum absolute atomic E-state index is 12.2. The molecule has 0 saturated carbocycles. The largest absolute Gasteiger partial charge is 0.444 e. The first-order chi connectivity index (χ1) is 10.3. The number of carbonyl (C=O) groups excluding carboxylic acids is 1. The number of benzene rings is 1. The summed E-state index contributed by atoms with van der Waals surface area (Å²) in [4.78, 5) is 13.7. The summed E-state index contributed by atoms with van der Waals surface area (Å²) in [6, 6.07) is 9.55. The van der Waals surface area contributed by atoms with Crippen LogP contribution in [0.4, 0.5) is 10.6 Å². The molecule has 1 aliphatic heterocycles. The molecule has 21 heavy (non-hydrogen) atoms. The Bertz CT molecular complexity index is 624. The van der Waals surface area contributed by atoms with Crippen molar-refractivity contribution in [1.82, 2.24) is 10.2 Å². The highest BCUT2D eigenvalue weighted by atomic mass is 16.6. The molecule has 6 heteroatoms. The lowest BCUT2D eigenvalue weighted by atomic mass is 10.1. The first-order valence-electron chi connectivity index (χ1n) is 6.95. The van der Waals surface area contributed by atoms with Crippen molar-refractivity contribution < 1.29 is 14.6 Å². The van der Waals surface area contributed by atoms with Crippen molar-refractivity contribution in [1.29, 1.82) is 0 Å². The molecule has 2 aromatic rings. The fourth-order valence-electron chi connectivity index (χ4n) is 2.50. The third kappa shape index (κ3) is 2.75. The molecule has 2 heterocycles. The Morgan fingerprint density at radius 2 is 2.19 bits per heavy atom. The van der Waals surface area contributed by atoms with Crippen LogP contribution in [0.2, 0.25) is 0 Å².